The number of nitrogens with one attached hydrogen (secondary N) is 1. The minimum Gasteiger partial charge on any atom is -0.495 e. The Hall–Kier alpha value is -2.72. The third kappa shape index (κ3) is 6.01. The summed E-state index contributed by atoms with van der Waals surface area (Å²) < 4.78 is 14.9. The molecule has 0 saturated heterocycles. The highest BCUT2D eigenvalue weighted by molar-refractivity contribution is 6.39. The molecular weight excluding hydrogens is 334 g/mol. The molecule has 2 amide bonds. The first-order valence-electron chi connectivity index (χ1n) is 7.35. The number of rotatable bonds is 9. The number of anilines is 1. The van der Waals surface area contributed by atoms with E-state index in [0.29, 0.717) is 0 Å². The third-order valence-corrected chi connectivity index (χ3v) is 3.25. The number of nitro benzene ring substituents is 1. The predicted octanol–water partition coefficient (Wildman–Crippen LogP) is 0.663. The number of carbonyl (C=O) groups is 2. The third-order valence-electron chi connectivity index (χ3n) is 3.25. The van der Waals surface area contributed by atoms with Gasteiger partial charge in [0.25, 0.3) is 5.69 Å². The second-order valence-electron chi connectivity index (χ2n) is 4.87. The molecule has 0 bridgehead atoms. The number of hydrogen-bond acceptors (Lipinski definition) is 7. The fourth-order valence-electron chi connectivity index (χ4n) is 1.94. The molecule has 1 aromatic carbocycles. The number of hydrogen-bond donors (Lipinski definition) is 1. The maximum Gasteiger partial charge on any atom is 0.314 e. The van der Waals surface area contributed by atoms with Gasteiger partial charge in [-0.3, -0.25) is 19.7 Å². The monoisotopic (exact) mass is 355 g/mol. The minimum atomic E-state index is -0.939. The van der Waals surface area contributed by atoms with Crippen LogP contribution in [0.4, 0.5) is 11.4 Å². The number of methoxy groups -OCH3 is 3. The van der Waals surface area contributed by atoms with Crippen LogP contribution in [-0.2, 0) is 19.1 Å². The second kappa shape index (κ2) is 10.2. The van der Waals surface area contributed by atoms with Crippen molar-refractivity contribution in [1.29, 1.82) is 0 Å². The molecule has 138 valence electrons. The van der Waals surface area contributed by atoms with Gasteiger partial charge >= 0.3 is 11.8 Å². The van der Waals surface area contributed by atoms with Gasteiger partial charge in [0.2, 0.25) is 0 Å². The normalized spacial score (nSPS) is 10.2. The van der Waals surface area contributed by atoms with E-state index < -0.39 is 16.7 Å². The number of ether oxygens (including phenoxy) is 3. The van der Waals surface area contributed by atoms with Gasteiger partial charge in [-0.15, -0.1) is 0 Å². The molecule has 1 rings (SSSR count). The summed E-state index contributed by atoms with van der Waals surface area (Å²) in [6, 6.07) is 3.70. The Labute approximate surface area is 144 Å². The van der Waals surface area contributed by atoms with Crippen LogP contribution in [0.25, 0.3) is 0 Å². The summed E-state index contributed by atoms with van der Waals surface area (Å²) in [4.78, 5) is 36.1. The van der Waals surface area contributed by atoms with Crippen molar-refractivity contribution in [1.82, 2.24) is 4.90 Å². The Bertz CT molecular complexity index is 613. The number of nitro groups is 1. The van der Waals surface area contributed by atoms with Gasteiger partial charge in [0, 0.05) is 39.4 Å². The molecule has 0 aliphatic carbocycles. The zero-order valence-electron chi connectivity index (χ0n) is 14.3. The van der Waals surface area contributed by atoms with Gasteiger partial charge in [-0.25, -0.2) is 0 Å². The van der Waals surface area contributed by atoms with E-state index >= 15 is 0 Å². The van der Waals surface area contributed by atoms with E-state index in [-0.39, 0.29) is 43.4 Å². The number of amides is 2. The molecule has 10 nitrogen and oxygen atoms in total. The first kappa shape index (κ1) is 20.3. The molecule has 0 aliphatic heterocycles. The van der Waals surface area contributed by atoms with Crippen LogP contribution < -0.4 is 10.1 Å². The molecule has 0 atom stereocenters. The molecule has 0 aliphatic rings. The largest absolute Gasteiger partial charge is 0.495 e. The molecule has 0 saturated carbocycles. The summed E-state index contributed by atoms with van der Waals surface area (Å²) in [6.07, 6.45) is 0. The molecule has 0 heterocycles. The number of carbonyl (C=O) groups excluding carboxylic acids is 2. The maximum atomic E-state index is 12.3. The van der Waals surface area contributed by atoms with Gasteiger partial charge in [0.15, 0.2) is 0 Å². The molecule has 25 heavy (non-hydrogen) atoms. The van der Waals surface area contributed by atoms with Crippen LogP contribution in [-0.4, -0.2) is 69.3 Å². The highest BCUT2D eigenvalue weighted by Gasteiger charge is 2.23. The highest BCUT2D eigenvalue weighted by Crippen LogP contribution is 2.28. The van der Waals surface area contributed by atoms with E-state index in [9.17, 15) is 19.7 Å². The van der Waals surface area contributed by atoms with Crippen molar-refractivity contribution in [3.63, 3.8) is 0 Å². The summed E-state index contributed by atoms with van der Waals surface area (Å²) in [5, 5.41) is 13.2. The molecule has 0 radical (unpaired) electrons. The van der Waals surface area contributed by atoms with Gasteiger partial charge in [0.05, 0.1) is 30.9 Å². The van der Waals surface area contributed by atoms with E-state index in [1.165, 1.54) is 38.4 Å². The van der Waals surface area contributed by atoms with Crippen molar-refractivity contribution in [2.75, 3.05) is 52.9 Å². The molecule has 0 unspecified atom stereocenters. The van der Waals surface area contributed by atoms with Gasteiger partial charge in [0.1, 0.15) is 5.75 Å². The van der Waals surface area contributed by atoms with Crippen molar-refractivity contribution in [2.24, 2.45) is 0 Å². The average molecular weight is 355 g/mol. The van der Waals surface area contributed by atoms with E-state index in [1.807, 2.05) is 0 Å². The Morgan fingerprint density at radius 3 is 2.24 bits per heavy atom. The van der Waals surface area contributed by atoms with Crippen molar-refractivity contribution in [2.45, 2.75) is 0 Å². The molecule has 10 heteroatoms. The van der Waals surface area contributed by atoms with Crippen LogP contribution in [0.5, 0.6) is 5.75 Å². The molecule has 1 aromatic rings. The first-order chi connectivity index (χ1) is 11.9. The first-order valence-corrected chi connectivity index (χ1v) is 7.35. The fraction of sp³-hybridized carbons (Fsp3) is 0.467. The van der Waals surface area contributed by atoms with Crippen LogP contribution in [0.1, 0.15) is 0 Å². The molecule has 0 fully saturated rings. The lowest BCUT2D eigenvalue weighted by molar-refractivity contribution is -0.384. The highest BCUT2D eigenvalue weighted by atomic mass is 16.6. The zero-order valence-corrected chi connectivity index (χ0v) is 14.3. The van der Waals surface area contributed by atoms with Crippen LogP contribution in [0.2, 0.25) is 0 Å². The maximum absolute atomic E-state index is 12.3. The van der Waals surface area contributed by atoms with Crippen molar-refractivity contribution in [3.05, 3.63) is 28.3 Å². The zero-order chi connectivity index (χ0) is 18.8. The molecule has 0 spiro atoms. The number of nitrogens with zero attached hydrogens (tertiary/aromatic N) is 2. The smallest absolute Gasteiger partial charge is 0.314 e. The van der Waals surface area contributed by atoms with E-state index in [4.69, 9.17) is 14.2 Å². The lowest BCUT2D eigenvalue weighted by atomic mass is 10.2. The second-order valence-corrected chi connectivity index (χ2v) is 4.87. The van der Waals surface area contributed by atoms with Gasteiger partial charge in [-0.1, -0.05) is 0 Å². The van der Waals surface area contributed by atoms with Crippen LogP contribution in [0.15, 0.2) is 18.2 Å². The summed E-state index contributed by atoms with van der Waals surface area (Å²) in [5.41, 5.74) is -0.201. The Balaban J connectivity index is 2.92. The SMILES string of the molecule is COCCN(CCOC)C(=O)C(=O)Nc1cc([N+](=O)[O-])ccc1OC. The topological polar surface area (TPSA) is 120 Å². The van der Waals surface area contributed by atoms with Crippen molar-refractivity contribution >= 4 is 23.2 Å². The van der Waals surface area contributed by atoms with Crippen molar-refractivity contribution in [3.8, 4) is 5.75 Å². The van der Waals surface area contributed by atoms with E-state index in [2.05, 4.69) is 5.32 Å². The minimum absolute atomic E-state index is 0.0356. The van der Waals surface area contributed by atoms with Gasteiger partial charge in [-0.05, 0) is 6.07 Å². The Kier molecular flexibility index (Phi) is 8.30. The van der Waals surface area contributed by atoms with E-state index in [0.717, 1.165) is 6.07 Å². The van der Waals surface area contributed by atoms with Crippen LogP contribution >= 0.6 is 0 Å². The Morgan fingerprint density at radius 1 is 1.16 bits per heavy atom. The molecule has 0 aromatic heterocycles. The number of non-ortho nitro benzene ring substituents is 1. The summed E-state index contributed by atoms with van der Waals surface area (Å²) in [7, 11) is 4.31. The summed E-state index contributed by atoms with van der Waals surface area (Å²) >= 11 is 0. The standard InChI is InChI=1S/C15H21N3O7/c1-23-8-6-17(7-9-24-2)15(20)14(19)16-12-10-11(18(21)22)4-5-13(12)25-3/h4-5,10H,6-9H2,1-3H3,(H,16,19). The van der Waals surface area contributed by atoms with Crippen LogP contribution in [0.3, 0.4) is 0 Å². The predicted molar refractivity (Wildman–Crippen MR) is 88.6 cm³/mol. The van der Waals surface area contributed by atoms with Crippen molar-refractivity contribution < 1.29 is 28.7 Å². The quantitative estimate of drug-likeness (QED) is 0.392. The Morgan fingerprint density at radius 2 is 1.76 bits per heavy atom. The number of benzene rings is 1. The molecule has 1 N–H and O–H groups in total. The summed E-state index contributed by atoms with van der Waals surface area (Å²) in [5.74, 6) is -1.54. The summed E-state index contributed by atoms with van der Waals surface area (Å²) in [6.45, 7) is 0.919. The average Bonchev–Trinajstić information content (AvgIpc) is 2.61. The lowest BCUT2D eigenvalue weighted by Crippen LogP contribution is -2.43. The van der Waals surface area contributed by atoms with Gasteiger partial charge < -0.3 is 24.4 Å². The van der Waals surface area contributed by atoms with Gasteiger partial charge in [-0.2, -0.15) is 0 Å². The lowest BCUT2D eigenvalue weighted by Gasteiger charge is -2.21. The van der Waals surface area contributed by atoms with Crippen LogP contribution in [0, 0.1) is 10.1 Å². The fourth-order valence-corrected chi connectivity index (χ4v) is 1.94. The molecular formula is C15H21N3O7. The van der Waals surface area contributed by atoms with E-state index in [1.54, 1.807) is 0 Å².